The summed E-state index contributed by atoms with van der Waals surface area (Å²) in [4.78, 5) is 49.2. The van der Waals surface area contributed by atoms with Gasteiger partial charge in [0.05, 0.1) is 13.2 Å². The number of hydrogen-bond acceptors (Lipinski definition) is 12. The van der Waals surface area contributed by atoms with Gasteiger partial charge in [-0.1, -0.05) is 24.3 Å². The van der Waals surface area contributed by atoms with Crippen molar-refractivity contribution < 1.29 is 57.4 Å². The summed E-state index contributed by atoms with van der Waals surface area (Å²) in [6.45, 7) is 10.1. The van der Waals surface area contributed by atoms with Crippen LogP contribution in [0.5, 0.6) is 5.75 Å². The van der Waals surface area contributed by atoms with Gasteiger partial charge < -0.3 is 38.3 Å². The molecule has 44 heavy (non-hydrogen) atoms. The van der Waals surface area contributed by atoms with E-state index in [9.17, 15) is 24.3 Å². The first kappa shape index (κ1) is 32.9. The van der Waals surface area contributed by atoms with E-state index in [1.165, 1.54) is 13.8 Å². The molecular formula is C32H38O12. The third-order valence-electron chi connectivity index (χ3n) is 7.71. The Hall–Kier alpha value is -4.00. The van der Waals surface area contributed by atoms with Crippen LogP contribution in [0.15, 0.2) is 42.5 Å². The maximum Gasteiger partial charge on any atom is 0.303 e. The number of ether oxygens (including phenoxy) is 7. The predicted molar refractivity (Wildman–Crippen MR) is 152 cm³/mol. The van der Waals surface area contributed by atoms with Crippen molar-refractivity contribution in [3.8, 4) is 5.75 Å². The van der Waals surface area contributed by atoms with Crippen molar-refractivity contribution in [1.29, 1.82) is 0 Å². The molecule has 2 unspecified atom stereocenters. The summed E-state index contributed by atoms with van der Waals surface area (Å²) in [5.74, 6) is -4.18. The van der Waals surface area contributed by atoms with Crippen LogP contribution in [0.2, 0.25) is 0 Å². The Morgan fingerprint density at radius 3 is 2.09 bits per heavy atom. The number of aryl methyl sites for hydroxylation is 1. The molecule has 2 heterocycles. The summed E-state index contributed by atoms with van der Waals surface area (Å²) in [7, 11) is 0. The molecule has 12 nitrogen and oxygen atoms in total. The second-order valence-electron chi connectivity index (χ2n) is 10.9. The van der Waals surface area contributed by atoms with Crippen molar-refractivity contribution in [2.45, 2.75) is 90.4 Å². The van der Waals surface area contributed by atoms with Gasteiger partial charge in [0.25, 0.3) is 0 Å². The van der Waals surface area contributed by atoms with Gasteiger partial charge in [0, 0.05) is 33.3 Å². The Labute approximate surface area is 255 Å². The molecule has 2 aromatic carbocycles. The molecule has 2 saturated heterocycles. The highest BCUT2D eigenvalue weighted by molar-refractivity contribution is 5.69. The van der Waals surface area contributed by atoms with Gasteiger partial charge in [-0.15, -0.1) is 0 Å². The minimum atomic E-state index is -1.93. The molecule has 4 rings (SSSR count). The van der Waals surface area contributed by atoms with Crippen molar-refractivity contribution in [3.63, 3.8) is 0 Å². The van der Waals surface area contributed by atoms with E-state index in [0.29, 0.717) is 29.0 Å². The van der Waals surface area contributed by atoms with E-state index in [1.807, 2.05) is 13.8 Å². The number of aliphatic hydroxyl groups excluding tert-OH is 1. The van der Waals surface area contributed by atoms with Crippen molar-refractivity contribution in [2.24, 2.45) is 0 Å². The fourth-order valence-corrected chi connectivity index (χ4v) is 5.81. The largest absolute Gasteiger partial charge is 0.494 e. The van der Waals surface area contributed by atoms with Crippen molar-refractivity contribution >= 4 is 23.9 Å². The number of hydrogen-bond donors (Lipinski definition) is 1. The second kappa shape index (κ2) is 12.9. The Morgan fingerprint density at radius 2 is 1.52 bits per heavy atom. The van der Waals surface area contributed by atoms with Gasteiger partial charge in [0.2, 0.25) is 11.9 Å². The van der Waals surface area contributed by atoms with E-state index in [1.54, 1.807) is 42.5 Å². The van der Waals surface area contributed by atoms with E-state index in [0.717, 1.165) is 26.3 Å². The highest BCUT2D eigenvalue weighted by Crippen LogP contribution is 2.54. The molecule has 2 aliphatic heterocycles. The summed E-state index contributed by atoms with van der Waals surface area (Å²) in [6, 6.07) is 12.1. The van der Waals surface area contributed by atoms with Crippen molar-refractivity contribution in [1.82, 2.24) is 0 Å². The van der Waals surface area contributed by atoms with E-state index in [-0.39, 0.29) is 6.61 Å². The Balaban J connectivity index is 1.89. The van der Waals surface area contributed by atoms with Gasteiger partial charge in [-0.05, 0) is 55.7 Å². The normalized spacial score (nSPS) is 27.0. The maximum atomic E-state index is 12.5. The van der Waals surface area contributed by atoms with Crippen LogP contribution in [-0.4, -0.2) is 72.2 Å². The van der Waals surface area contributed by atoms with Gasteiger partial charge in [0.1, 0.15) is 18.0 Å². The molecule has 0 aliphatic carbocycles. The molecule has 238 valence electrons. The van der Waals surface area contributed by atoms with Gasteiger partial charge in [0.15, 0.2) is 17.8 Å². The molecule has 2 aromatic rings. The number of rotatable bonds is 10. The fraction of sp³-hybridized carbons (Fsp3) is 0.500. The summed E-state index contributed by atoms with van der Waals surface area (Å²) >= 11 is 0. The van der Waals surface area contributed by atoms with Crippen LogP contribution in [0.25, 0.3) is 0 Å². The molecule has 0 amide bonds. The molecule has 2 bridgehead atoms. The standard InChI is InChI=1S/C32H38O12/c1-8-38-25-13-10-23(11-14-25)27(37)26-15-24(12-9-17(26)2)32-30(43-22(7)36)28(41-20(5)34)29(42-21(6)35)31(44-32,16-39-32)18(3)40-19(4)33/h9-15,18,27-30,37H,8,16H2,1-7H3/t18?,27?,28-,29-,30+,31+,32-/m0/s1. The minimum Gasteiger partial charge on any atom is -0.494 e. The van der Waals surface area contributed by atoms with Gasteiger partial charge in [-0.25, -0.2) is 0 Å². The lowest BCUT2D eigenvalue weighted by Crippen LogP contribution is -2.70. The number of carbonyl (C=O) groups is 4. The first-order chi connectivity index (χ1) is 20.7. The quantitative estimate of drug-likeness (QED) is 0.309. The SMILES string of the molecule is CCOc1ccc(C(O)c2cc([C@]34OC[C@](C(C)OC(C)=O)(O3)[C@@H](OC(C)=O)[C@H](OC(C)=O)[C@H]4OC(C)=O)ccc2C)cc1. The second-order valence-corrected chi connectivity index (χ2v) is 10.9. The van der Waals surface area contributed by atoms with Crippen LogP contribution in [0, 0.1) is 6.92 Å². The zero-order chi connectivity index (χ0) is 32.4. The fourth-order valence-electron chi connectivity index (χ4n) is 5.81. The smallest absolute Gasteiger partial charge is 0.303 e. The van der Waals surface area contributed by atoms with Gasteiger partial charge in [-0.3, -0.25) is 19.2 Å². The first-order valence-electron chi connectivity index (χ1n) is 14.3. The maximum absolute atomic E-state index is 12.5. The Morgan fingerprint density at radius 1 is 0.909 bits per heavy atom. The van der Waals surface area contributed by atoms with Crippen molar-refractivity contribution in [3.05, 3.63) is 64.7 Å². The van der Waals surface area contributed by atoms with E-state index in [4.69, 9.17) is 33.2 Å². The van der Waals surface area contributed by atoms with E-state index >= 15 is 0 Å². The zero-order valence-electron chi connectivity index (χ0n) is 25.8. The summed E-state index contributed by atoms with van der Waals surface area (Å²) in [6.07, 6.45) is -6.48. The minimum absolute atomic E-state index is 0.306. The molecule has 7 atom stereocenters. The molecule has 0 saturated carbocycles. The average Bonchev–Trinajstić information content (AvgIpc) is 3.32. The molecule has 12 heteroatoms. The number of carbonyl (C=O) groups excluding carboxylic acids is 4. The molecule has 0 radical (unpaired) electrons. The Bertz CT molecular complexity index is 1400. The van der Waals surface area contributed by atoms with E-state index in [2.05, 4.69) is 0 Å². The van der Waals surface area contributed by atoms with Crippen LogP contribution in [0.3, 0.4) is 0 Å². The highest BCUT2D eigenvalue weighted by atomic mass is 16.8. The number of esters is 4. The number of benzene rings is 2. The molecular weight excluding hydrogens is 576 g/mol. The van der Waals surface area contributed by atoms with Gasteiger partial charge >= 0.3 is 23.9 Å². The molecule has 2 fully saturated rings. The van der Waals surface area contributed by atoms with Crippen molar-refractivity contribution in [2.75, 3.05) is 13.2 Å². The van der Waals surface area contributed by atoms with Crippen LogP contribution >= 0.6 is 0 Å². The third kappa shape index (κ3) is 6.28. The Kier molecular flexibility index (Phi) is 9.67. The lowest BCUT2D eigenvalue weighted by molar-refractivity contribution is -0.340. The van der Waals surface area contributed by atoms with Crippen LogP contribution < -0.4 is 4.74 Å². The highest BCUT2D eigenvalue weighted by Gasteiger charge is 2.74. The zero-order valence-corrected chi connectivity index (χ0v) is 25.8. The molecule has 0 aromatic heterocycles. The summed E-state index contributed by atoms with van der Waals surface area (Å²) < 4.78 is 41.0. The average molecular weight is 615 g/mol. The predicted octanol–water partition coefficient (Wildman–Crippen LogP) is 3.17. The molecule has 2 aliphatic rings. The lowest BCUT2D eigenvalue weighted by atomic mass is 9.79. The number of fused-ring (bicyclic) bond motifs is 2. The summed E-state index contributed by atoms with van der Waals surface area (Å²) in [5.41, 5.74) is 0.437. The third-order valence-corrected chi connectivity index (χ3v) is 7.71. The van der Waals surface area contributed by atoms with Crippen LogP contribution in [0.1, 0.15) is 69.9 Å². The lowest BCUT2D eigenvalue weighted by Gasteiger charge is -2.50. The van der Waals surface area contributed by atoms with Crippen LogP contribution in [-0.2, 0) is 53.4 Å². The topological polar surface area (TPSA) is 153 Å². The van der Waals surface area contributed by atoms with Crippen LogP contribution in [0.4, 0.5) is 0 Å². The summed E-state index contributed by atoms with van der Waals surface area (Å²) in [5, 5.41) is 11.5. The molecule has 0 spiro atoms. The van der Waals surface area contributed by atoms with E-state index < -0.39 is 65.8 Å². The number of aliphatic hydroxyl groups is 1. The molecule has 1 N–H and O–H groups in total. The monoisotopic (exact) mass is 614 g/mol. The van der Waals surface area contributed by atoms with Gasteiger partial charge in [-0.2, -0.15) is 0 Å². The first-order valence-corrected chi connectivity index (χ1v) is 14.3.